The largest absolute Gasteiger partial charge is 0.508 e. The van der Waals surface area contributed by atoms with Crippen LogP contribution in [0.4, 0.5) is 0 Å². The standard InChI is InChI=1S/C26H44O2/c1-9-11-13-17-25(18-14-12-10-2)26(23(3,4)5,24(6,7)8)21-19-20(27)15-16-22(21)28-25/h15-16,19,27H,9-14,17-18H2,1-8H3. The van der Waals surface area contributed by atoms with Crippen LogP contribution in [0.15, 0.2) is 18.2 Å². The minimum Gasteiger partial charge on any atom is -0.508 e. The minimum atomic E-state index is -0.232. The van der Waals surface area contributed by atoms with Crippen LogP contribution in [0.25, 0.3) is 0 Å². The van der Waals surface area contributed by atoms with E-state index < -0.39 is 0 Å². The third-order valence-corrected chi connectivity index (χ3v) is 6.97. The normalized spacial score (nSPS) is 18.0. The molecule has 0 bridgehead atoms. The maximum atomic E-state index is 10.4. The summed E-state index contributed by atoms with van der Waals surface area (Å²) < 4.78 is 7.00. The molecule has 0 aromatic heterocycles. The van der Waals surface area contributed by atoms with Gasteiger partial charge in [0.05, 0.1) is 0 Å². The second kappa shape index (κ2) is 8.28. The molecule has 1 aliphatic rings. The van der Waals surface area contributed by atoms with E-state index in [9.17, 15) is 5.11 Å². The summed E-state index contributed by atoms with van der Waals surface area (Å²) in [5.41, 5.74) is 0.776. The molecule has 0 amide bonds. The molecular weight excluding hydrogens is 344 g/mol. The lowest BCUT2D eigenvalue weighted by molar-refractivity contribution is -0.110. The Labute approximate surface area is 174 Å². The SMILES string of the molecule is CCCCCC1(CCCCC)Oc2ccc(O)cc2C1(C(C)(C)C)C(C)(C)C. The number of rotatable bonds is 8. The van der Waals surface area contributed by atoms with Gasteiger partial charge in [-0.3, -0.25) is 0 Å². The molecule has 0 spiro atoms. The highest BCUT2D eigenvalue weighted by molar-refractivity contribution is 5.53. The van der Waals surface area contributed by atoms with Crippen LogP contribution >= 0.6 is 0 Å². The van der Waals surface area contributed by atoms with Crippen LogP contribution in [-0.2, 0) is 5.41 Å². The van der Waals surface area contributed by atoms with Crippen molar-refractivity contribution in [2.45, 2.75) is 118 Å². The first-order chi connectivity index (χ1) is 13.0. The first-order valence-electron chi connectivity index (χ1n) is 11.5. The molecule has 1 heterocycles. The van der Waals surface area contributed by atoms with Crippen LogP contribution in [0, 0.1) is 10.8 Å². The molecule has 0 atom stereocenters. The van der Waals surface area contributed by atoms with Gasteiger partial charge in [-0.2, -0.15) is 0 Å². The van der Waals surface area contributed by atoms with Crippen LogP contribution in [0.5, 0.6) is 11.5 Å². The number of hydrogen-bond acceptors (Lipinski definition) is 2. The Bertz CT molecular complexity index is 621. The summed E-state index contributed by atoms with van der Waals surface area (Å²) in [4.78, 5) is 0. The predicted molar refractivity (Wildman–Crippen MR) is 120 cm³/mol. The Morgan fingerprint density at radius 1 is 0.821 bits per heavy atom. The molecule has 1 aromatic rings. The number of phenolic OH excluding ortho intramolecular Hbond substituents is 1. The number of hydrogen-bond donors (Lipinski definition) is 1. The molecule has 0 saturated carbocycles. The van der Waals surface area contributed by atoms with Crippen molar-refractivity contribution in [3.63, 3.8) is 0 Å². The Morgan fingerprint density at radius 3 is 1.75 bits per heavy atom. The van der Waals surface area contributed by atoms with Gasteiger partial charge < -0.3 is 9.84 Å². The van der Waals surface area contributed by atoms with Crippen molar-refractivity contribution in [3.05, 3.63) is 23.8 Å². The van der Waals surface area contributed by atoms with E-state index in [4.69, 9.17) is 4.74 Å². The van der Waals surface area contributed by atoms with E-state index in [1.165, 1.54) is 44.1 Å². The maximum absolute atomic E-state index is 10.4. The van der Waals surface area contributed by atoms with Crippen molar-refractivity contribution in [1.29, 1.82) is 0 Å². The first kappa shape index (κ1) is 23.1. The fourth-order valence-corrected chi connectivity index (χ4v) is 6.66. The summed E-state index contributed by atoms with van der Waals surface area (Å²) in [6, 6.07) is 5.77. The van der Waals surface area contributed by atoms with Gasteiger partial charge in [0, 0.05) is 11.0 Å². The molecule has 28 heavy (non-hydrogen) atoms. The zero-order valence-corrected chi connectivity index (χ0v) is 19.7. The number of aromatic hydroxyl groups is 1. The smallest absolute Gasteiger partial charge is 0.124 e. The Balaban J connectivity index is 2.76. The third kappa shape index (κ3) is 3.68. The molecule has 1 aliphatic heterocycles. The number of benzene rings is 1. The number of ether oxygens (including phenoxy) is 1. The van der Waals surface area contributed by atoms with Crippen LogP contribution in [0.3, 0.4) is 0 Å². The summed E-state index contributed by atoms with van der Waals surface area (Å²) in [5.74, 6) is 1.33. The van der Waals surface area contributed by atoms with Gasteiger partial charge in [0.2, 0.25) is 0 Å². The quantitative estimate of drug-likeness (QED) is 0.457. The van der Waals surface area contributed by atoms with Crippen molar-refractivity contribution in [2.75, 3.05) is 0 Å². The zero-order valence-electron chi connectivity index (χ0n) is 19.7. The van der Waals surface area contributed by atoms with Crippen LogP contribution in [-0.4, -0.2) is 10.7 Å². The van der Waals surface area contributed by atoms with Gasteiger partial charge in [0.1, 0.15) is 17.1 Å². The van der Waals surface area contributed by atoms with E-state index in [0.717, 1.165) is 18.6 Å². The van der Waals surface area contributed by atoms with Gasteiger partial charge in [-0.1, -0.05) is 81.1 Å². The van der Waals surface area contributed by atoms with Crippen molar-refractivity contribution in [2.24, 2.45) is 10.8 Å². The van der Waals surface area contributed by atoms with Crippen molar-refractivity contribution < 1.29 is 9.84 Å². The second-order valence-electron chi connectivity index (χ2n) is 10.9. The van der Waals surface area contributed by atoms with E-state index in [1.807, 2.05) is 12.1 Å². The van der Waals surface area contributed by atoms with Crippen LogP contribution in [0.2, 0.25) is 0 Å². The summed E-state index contributed by atoms with van der Waals surface area (Å²) in [5, 5.41) is 10.4. The molecule has 0 unspecified atom stereocenters. The lowest BCUT2D eigenvalue weighted by atomic mass is 9.44. The molecule has 0 fully saturated rings. The monoisotopic (exact) mass is 388 g/mol. The van der Waals surface area contributed by atoms with E-state index in [-0.39, 0.29) is 21.8 Å². The van der Waals surface area contributed by atoms with Gasteiger partial charge in [-0.15, -0.1) is 0 Å². The van der Waals surface area contributed by atoms with Crippen LogP contribution < -0.4 is 4.74 Å². The van der Waals surface area contributed by atoms with Crippen molar-refractivity contribution in [3.8, 4) is 11.5 Å². The lowest BCUT2D eigenvalue weighted by Gasteiger charge is -2.60. The fraction of sp³-hybridized carbons (Fsp3) is 0.769. The molecular formula is C26H44O2. The molecule has 2 rings (SSSR count). The highest BCUT2D eigenvalue weighted by Gasteiger charge is 2.69. The third-order valence-electron chi connectivity index (χ3n) is 6.97. The molecule has 2 nitrogen and oxygen atoms in total. The average molecular weight is 389 g/mol. The average Bonchev–Trinajstić information content (AvgIpc) is 2.85. The van der Waals surface area contributed by atoms with Crippen molar-refractivity contribution >= 4 is 0 Å². The van der Waals surface area contributed by atoms with E-state index in [0.29, 0.717) is 5.75 Å². The predicted octanol–water partition coefficient (Wildman–Crippen LogP) is 8.01. The van der Waals surface area contributed by atoms with Crippen LogP contribution in [0.1, 0.15) is 112 Å². The number of unbranched alkanes of at least 4 members (excludes halogenated alkanes) is 4. The Hall–Kier alpha value is -1.18. The first-order valence-corrected chi connectivity index (χ1v) is 11.5. The zero-order chi connectivity index (χ0) is 21.2. The summed E-state index contributed by atoms with van der Waals surface area (Å²) in [7, 11) is 0. The topological polar surface area (TPSA) is 29.5 Å². The summed E-state index contributed by atoms with van der Waals surface area (Å²) in [6.07, 6.45) is 9.46. The molecule has 0 saturated heterocycles. The second-order valence-corrected chi connectivity index (χ2v) is 10.9. The van der Waals surface area contributed by atoms with Gasteiger partial charge in [0.15, 0.2) is 0 Å². The molecule has 2 heteroatoms. The summed E-state index contributed by atoms with van der Waals surface area (Å²) in [6.45, 7) is 18.8. The number of fused-ring (bicyclic) bond motifs is 1. The van der Waals surface area contributed by atoms with E-state index in [2.05, 4.69) is 55.4 Å². The molecule has 1 N–H and O–H groups in total. The van der Waals surface area contributed by atoms with Gasteiger partial charge >= 0.3 is 0 Å². The Morgan fingerprint density at radius 2 is 1.32 bits per heavy atom. The fourth-order valence-electron chi connectivity index (χ4n) is 6.66. The van der Waals surface area contributed by atoms with E-state index in [1.54, 1.807) is 6.07 Å². The maximum Gasteiger partial charge on any atom is 0.124 e. The molecule has 1 aromatic carbocycles. The van der Waals surface area contributed by atoms with Crippen molar-refractivity contribution in [1.82, 2.24) is 0 Å². The summed E-state index contributed by atoms with van der Waals surface area (Å²) >= 11 is 0. The highest BCUT2D eigenvalue weighted by atomic mass is 16.5. The molecule has 160 valence electrons. The van der Waals surface area contributed by atoms with E-state index >= 15 is 0 Å². The molecule has 0 aliphatic carbocycles. The number of phenols is 1. The minimum absolute atomic E-state index is 0.0112. The van der Waals surface area contributed by atoms with Gasteiger partial charge in [-0.05, 0) is 54.7 Å². The Kier molecular flexibility index (Phi) is 6.83. The lowest BCUT2D eigenvalue weighted by Crippen LogP contribution is -2.64. The highest BCUT2D eigenvalue weighted by Crippen LogP contribution is 2.68. The molecule has 0 radical (unpaired) electrons. The van der Waals surface area contributed by atoms with Gasteiger partial charge in [-0.25, -0.2) is 0 Å². The van der Waals surface area contributed by atoms with Gasteiger partial charge in [0.25, 0.3) is 0 Å².